The minimum absolute atomic E-state index is 0.0275. The van der Waals surface area contributed by atoms with Gasteiger partial charge in [-0.2, -0.15) is 0 Å². The van der Waals surface area contributed by atoms with Gasteiger partial charge in [-0.15, -0.1) is 11.3 Å². The second-order valence-electron chi connectivity index (χ2n) is 6.88. The van der Waals surface area contributed by atoms with E-state index in [4.69, 9.17) is 0 Å². The largest absolute Gasteiger partial charge is 0.477 e. The first-order chi connectivity index (χ1) is 13.5. The molecule has 0 atom stereocenters. The van der Waals surface area contributed by atoms with E-state index in [1.54, 1.807) is 17.8 Å². The number of carboxylic acids is 1. The summed E-state index contributed by atoms with van der Waals surface area (Å²) in [5, 5.41) is 11.7. The van der Waals surface area contributed by atoms with Gasteiger partial charge in [0.1, 0.15) is 11.4 Å². The van der Waals surface area contributed by atoms with Gasteiger partial charge in [0.15, 0.2) is 16.3 Å². The van der Waals surface area contributed by atoms with Gasteiger partial charge < -0.3 is 10.0 Å². The quantitative estimate of drug-likeness (QED) is 0.702. The molecule has 0 aliphatic carbocycles. The third-order valence-corrected chi connectivity index (χ3v) is 5.68. The number of thiazole rings is 1. The number of piperazine rings is 1. The van der Waals surface area contributed by atoms with Crippen LogP contribution in [-0.4, -0.2) is 67.7 Å². The summed E-state index contributed by atoms with van der Waals surface area (Å²) in [4.78, 5) is 41.8. The molecule has 1 fully saturated rings. The molecule has 1 aliphatic rings. The van der Waals surface area contributed by atoms with Crippen LogP contribution in [0.3, 0.4) is 0 Å². The van der Waals surface area contributed by atoms with E-state index in [1.165, 1.54) is 22.1 Å². The molecule has 1 N–H and O–H groups in total. The zero-order chi connectivity index (χ0) is 19.8. The smallest absolute Gasteiger partial charge is 0.341 e. The highest BCUT2D eigenvalue weighted by Crippen LogP contribution is 2.21. The Morgan fingerprint density at radius 1 is 1.21 bits per heavy atom. The first-order valence-corrected chi connectivity index (χ1v) is 9.88. The summed E-state index contributed by atoms with van der Waals surface area (Å²) in [7, 11) is 0. The monoisotopic (exact) mass is 400 g/mol. The summed E-state index contributed by atoms with van der Waals surface area (Å²) in [6.45, 7) is 7.83. The molecular formula is C18H20N6O3S. The summed E-state index contributed by atoms with van der Waals surface area (Å²) >= 11 is 1.33. The molecule has 1 saturated heterocycles. The third-order valence-electron chi connectivity index (χ3n) is 4.91. The molecule has 10 heteroatoms. The average molecular weight is 400 g/mol. The van der Waals surface area contributed by atoms with Gasteiger partial charge in [-0.1, -0.05) is 0 Å². The summed E-state index contributed by atoms with van der Waals surface area (Å²) in [6.07, 6.45) is 4.44. The van der Waals surface area contributed by atoms with Crippen molar-refractivity contribution in [1.82, 2.24) is 24.4 Å². The zero-order valence-electron chi connectivity index (χ0n) is 15.6. The van der Waals surface area contributed by atoms with Crippen molar-refractivity contribution in [2.45, 2.75) is 19.9 Å². The number of rotatable bonds is 4. The lowest BCUT2D eigenvalue weighted by molar-refractivity contribution is 0.0695. The van der Waals surface area contributed by atoms with Gasteiger partial charge in [-0.3, -0.25) is 14.3 Å². The number of fused-ring (bicyclic) bond motifs is 1. The van der Waals surface area contributed by atoms with E-state index in [0.717, 1.165) is 26.2 Å². The van der Waals surface area contributed by atoms with Crippen LogP contribution in [0.5, 0.6) is 0 Å². The lowest BCUT2D eigenvalue weighted by Crippen LogP contribution is -2.49. The number of hydrogen-bond acceptors (Lipinski definition) is 8. The van der Waals surface area contributed by atoms with E-state index in [2.05, 4.69) is 38.6 Å². The Labute approximate surface area is 164 Å². The van der Waals surface area contributed by atoms with Crippen LogP contribution in [0, 0.1) is 0 Å². The van der Waals surface area contributed by atoms with Gasteiger partial charge in [-0.25, -0.2) is 19.7 Å². The van der Waals surface area contributed by atoms with Gasteiger partial charge in [0.05, 0.1) is 6.20 Å². The number of carbonyl (C=O) groups is 1. The summed E-state index contributed by atoms with van der Waals surface area (Å²) in [6, 6.07) is 0.495. The Balaban J connectivity index is 1.81. The molecular weight excluding hydrogens is 380 g/mol. The van der Waals surface area contributed by atoms with Crippen molar-refractivity contribution in [3.05, 3.63) is 39.8 Å². The van der Waals surface area contributed by atoms with Crippen molar-refractivity contribution in [2.24, 2.45) is 0 Å². The van der Waals surface area contributed by atoms with Crippen LogP contribution in [0.1, 0.15) is 24.2 Å². The molecule has 0 aromatic carbocycles. The molecule has 4 rings (SSSR count). The second kappa shape index (κ2) is 7.28. The van der Waals surface area contributed by atoms with Crippen LogP contribution in [0.4, 0.5) is 5.82 Å². The first kappa shape index (κ1) is 18.5. The van der Waals surface area contributed by atoms with Gasteiger partial charge in [0, 0.05) is 50.0 Å². The predicted octanol–water partition coefficient (Wildman–Crippen LogP) is 1.47. The molecule has 0 bridgehead atoms. The van der Waals surface area contributed by atoms with Crippen LogP contribution in [0.25, 0.3) is 16.3 Å². The van der Waals surface area contributed by atoms with E-state index in [1.807, 2.05) is 0 Å². The molecule has 146 valence electrons. The molecule has 3 aromatic rings. The highest BCUT2D eigenvalue weighted by atomic mass is 32.1. The molecule has 9 nitrogen and oxygen atoms in total. The molecule has 0 amide bonds. The van der Waals surface area contributed by atoms with Crippen molar-refractivity contribution in [2.75, 3.05) is 31.1 Å². The Bertz CT molecular complexity index is 1070. The van der Waals surface area contributed by atoms with E-state index in [0.29, 0.717) is 22.6 Å². The average Bonchev–Trinajstić information content (AvgIpc) is 3.22. The normalized spacial score (nSPS) is 15.5. The fraction of sp³-hybridized carbons (Fsp3) is 0.389. The maximum absolute atomic E-state index is 12.6. The molecule has 1 aliphatic heterocycles. The van der Waals surface area contributed by atoms with E-state index in [-0.39, 0.29) is 11.1 Å². The van der Waals surface area contributed by atoms with Gasteiger partial charge in [-0.05, 0) is 13.8 Å². The Kier molecular flexibility index (Phi) is 4.82. The predicted molar refractivity (Wildman–Crippen MR) is 107 cm³/mol. The van der Waals surface area contributed by atoms with Crippen LogP contribution in [-0.2, 0) is 0 Å². The fourth-order valence-corrected chi connectivity index (χ4v) is 3.95. The minimum Gasteiger partial charge on any atom is -0.477 e. The van der Waals surface area contributed by atoms with E-state index >= 15 is 0 Å². The maximum Gasteiger partial charge on any atom is 0.341 e. The number of nitrogens with zero attached hydrogens (tertiary/aromatic N) is 6. The van der Waals surface area contributed by atoms with Crippen LogP contribution in [0.15, 0.2) is 28.8 Å². The number of aromatic carboxylic acids is 1. The number of pyridine rings is 1. The van der Waals surface area contributed by atoms with Crippen LogP contribution in [0.2, 0.25) is 0 Å². The molecule has 0 radical (unpaired) electrons. The van der Waals surface area contributed by atoms with Crippen molar-refractivity contribution in [3.8, 4) is 5.13 Å². The molecule has 0 saturated carbocycles. The van der Waals surface area contributed by atoms with Crippen molar-refractivity contribution < 1.29 is 9.90 Å². The number of hydrogen-bond donors (Lipinski definition) is 1. The molecule has 4 heterocycles. The Morgan fingerprint density at radius 3 is 2.57 bits per heavy atom. The lowest BCUT2D eigenvalue weighted by Gasteiger charge is -2.37. The number of carboxylic acid groups (broad SMARTS) is 1. The Hall–Kier alpha value is -2.85. The maximum atomic E-state index is 12.6. The molecule has 0 spiro atoms. The van der Waals surface area contributed by atoms with Crippen LogP contribution >= 0.6 is 11.3 Å². The zero-order valence-corrected chi connectivity index (χ0v) is 16.4. The molecule has 28 heavy (non-hydrogen) atoms. The highest BCUT2D eigenvalue weighted by Gasteiger charge is 2.23. The number of aromatic nitrogens is 4. The summed E-state index contributed by atoms with van der Waals surface area (Å²) in [5.41, 5.74) is -0.650. The summed E-state index contributed by atoms with van der Waals surface area (Å²) in [5.74, 6) is -0.628. The lowest BCUT2D eigenvalue weighted by atomic mass is 10.2. The van der Waals surface area contributed by atoms with Crippen molar-refractivity contribution in [1.29, 1.82) is 0 Å². The first-order valence-electron chi connectivity index (χ1n) is 9.00. The van der Waals surface area contributed by atoms with Crippen molar-refractivity contribution in [3.63, 3.8) is 0 Å². The third kappa shape index (κ3) is 3.25. The van der Waals surface area contributed by atoms with Gasteiger partial charge >= 0.3 is 5.97 Å². The van der Waals surface area contributed by atoms with Crippen LogP contribution < -0.4 is 10.3 Å². The topological polar surface area (TPSA) is 104 Å². The standard InChI is InChI=1S/C18H20N6O3S/c1-11(2)22-4-6-23(7-5-22)13-9-20-14-15(25)12(17(26)27)10-24(16(14)21-13)18-19-3-8-28-18/h3,8-11H,4-7H2,1-2H3,(H,26,27). The number of anilines is 1. The van der Waals surface area contributed by atoms with Crippen molar-refractivity contribution >= 4 is 34.3 Å². The van der Waals surface area contributed by atoms with Gasteiger partial charge in [0.2, 0.25) is 5.43 Å². The minimum atomic E-state index is -1.30. The second-order valence-corrected chi connectivity index (χ2v) is 7.75. The molecule has 3 aromatic heterocycles. The van der Waals surface area contributed by atoms with Gasteiger partial charge in [0.25, 0.3) is 0 Å². The Morgan fingerprint density at radius 2 is 1.96 bits per heavy atom. The summed E-state index contributed by atoms with van der Waals surface area (Å²) < 4.78 is 1.53. The fourth-order valence-electron chi connectivity index (χ4n) is 3.33. The highest BCUT2D eigenvalue weighted by molar-refractivity contribution is 7.12. The molecule has 0 unspecified atom stereocenters. The SMILES string of the molecule is CC(C)N1CCN(c2cnc3c(=O)c(C(=O)O)cn(-c4nccs4)c3n2)CC1. The van der Waals surface area contributed by atoms with E-state index in [9.17, 15) is 14.7 Å². The van der Waals surface area contributed by atoms with E-state index < -0.39 is 11.4 Å².